The van der Waals surface area contributed by atoms with Crippen LogP contribution in [0.5, 0.6) is 5.75 Å². The molecule has 6 heteroatoms. The van der Waals surface area contributed by atoms with Crippen LogP contribution in [0.25, 0.3) is 0 Å². The molecule has 0 aromatic heterocycles. The molecule has 0 spiro atoms. The van der Waals surface area contributed by atoms with E-state index in [0.717, 1.165) is 43.6 Å². The van der Waals surface area contributed by atoms with E-state index in [1.54, 1.807) is 18.2 Å². The van der Waals surface area contributed by atoms with Crippen molar-refractivity contribution < 1.29 is 14.3 Å². The first-order chi connectivity index (χ1) is 21.4. The SMILES string of the molecule is CC(C)CCCC(C)CCNCOc1cc(C(=O)NCCC(C)CCCC(C)C)cc(C(=O)NCCC(C)CCCC(C)C)c1. The van der Waals surface area contributed by atoms with Gasteiger partial charge in [0.2, 0.25) is 0 Å². The molecule has 0 heterocycles. The van der Waals surface area contributed by atoms with Gasteiger partial charge in [-0.15, -0.1) is 0 Å². The molecule has 0 saturated carbocycles. The van der Waals surface area contributed by atoms with Gasteiger partial charge < -0.3 is 15.4 Å². The fraction of sp³-hybridized carbons (Fsp3) is 0.795. The molecule has 1 aromatic carbocycles. The Hall–Kier alpha value is -2.08. The van der Waals surface area contributed by atoms with Crippen LogP contribution >= 0.6 is 0 Å². The summed E-state index contributed by atoms with van der Waals surface area (Å²) in [5.74, 6) is 4.25. The molecule has 0 aliphatic heterocycles. The summed E-state index contributed by atoms with van der Waals surface area (Å²) in [7, 11) is 0. The Morgan fingerprint density at radius 2 is 0.911 bits per heavy atom. The third kappa shape index (κ3) is 21.4. The molecule has 3 unspecified atom stereocenters. The van der Waals surface area contributed by atoms with E-state index in [0.29, 0.717) is 54.5 Å². The second-order valence-electron chi connectivity index (χ2n) is 15.2. The first-order valence-corrected chi connectivity index (χ1v) is 18.4. The van der Waals surface area contributed by atoms with Gasteiger partial charge in [0.1, 0.15) is 12.5 Å². The maximum atomic E-state index is 13.2. The molecule has 0 saturated heterocycles. The summed E-state index contributed by atoms with van der Waals surface area (Å²) in [6.07, 6.45) is 14.1. The molecule has 0 radical (unpaired) electrons. The van der Waals surface area contributed by atoms with Gasteiger partial charge in [0.25, 0.3) is 11.8 Å². The minimum atomic E-state index is -0.161. The van der Waals surface area contributed by atoms with Gasteiger partial charge in [-0.25, -0.2) is 0 Å². The highest BCUT2D eigenvalue weighted by Gasteiger charge is 2.15. The lowest BCUT2D eigenvalue weighted by Gasteiger charge is -2.16. The first-order valence-electron chi connectivity index (χ1n) is 18.4. The average Bonchev–Trinajstić information content (AvgIpc) is 2.96. The smallest absolute Gasteiger partial charge is 0.251 e. The highest BCUT2D eigenvalue weighted by molar-refractivity contribution is 6.00. The monoisotopic (exact) mass is 630 g/mol. The first kappa shape index (κ1) is 40.9. The molecule has 260 valence electrons. The minimum absolute atomic E-state index is 0.161. The van der Waals surface area contributed by atoms with Crippen molar-refractivity contribution >= 4 is 11.8 Å². The molecule has 3 N–H and O–H groups in total. The largest absolute Gasteiger partial charge is 0.478 e. The van der Waals surface area contributed by atoms with E-state index in [1.807, 2.05) is 0 Å². The molecule has 0 aliphatic carbocycles. The number of carbonyl (C=O) groups excluding carboxylic acids is 2. The van der Waals surface area contributed by atoms with E-state index >= 15 is 0 Å². The summed E-state index contributed by atoms with van der Waals surface area (Å²) in [6.45, 7) is 22.9. The number of benzene rings is 1. The van der Waals surface area contributed by atoms with E-state index in [9.17, 15) is 9.59 Å². The van der Waals surface area contributed by atoms with Gasteiger partial charge in [0.05, 0.1) is 0 Å². The minimum Gasteiger partial charge on any atom is -0.478 e. The number of rotatable bonds is 26. The predicted molar refractivity (Wildman–Crippen MR) is 192 cm³/mol. The lowest BCUT2D eigenvalue weighted by Crippen LogP contribution is -2.28. The molecule has 2 amide bonds. The van der Waals surface area contributed by atoms with Gasteiger partial charge in [-0.2, -0.15) is 0 Å². The van der Waals surface area contributed by atoms with Gasteiger partial charge >= 0.3 is 0 Å². The average molecular weight is 630 g/mol. The zero-order chi connectivity index (χ0) is 33.6. The third-order valence-corrected chi connectivity index (χ3v) is 8.87. The molecule has 0 aliphatic rings. The fourth-order valence-electron chi connectivity index (χ4n) is 5.62. The zero-order valence-corrected chi connectivity index (χ0v) is 30.7. The van der Waals surface area contributed by atoms with Crippen molar-refractivity contribution in [3.05, 3.63) is 29.3 Å². The number of nitrogens with one attached hydrogen (secondary N) is 3. The normalized spacial score (nSPS) is 13.7. The molecular formula is C39H71N3O3. The molecule has 6 nitrogen and oxygen atoms in total. The van der Waals surface area contributed by atoms with Crippen LogP contribution in [0.3, 0.4) is 0 Å². The second kappa shape index (κ2) is 24.1. The van der Waals surface area contributed by atoms with Gasteiger partial charge in [-0.3, -0.25) is 14.9 Å². The van der Waals surface area contributed by atoms with Crippen molar-refractivity contribution in [2.75, 3.05) is 26.4 Å². The number of hydrogen-bond donors (Lipinski definition) is 3. The summed E-state index contributed by atoms with van der Waals surface area (Å²) < 4.78 is 6.02. The summed E-state index contributed by atoms with van der Waals surface area (Å²) >= 11 is 0. The fourth-order valence-corrected chi connectivity index (χ4v) is 5.62. The van der Waals surface area contributed by atoms with Crippen LogP contribution in [-0.4, -0.2) is 38.2 Å². The number of hydrogen-bond acceptors (Lipinski definition) is 4. The Kier molecular flexibility index (Phi) is 22.0. The Balaban J connectivity index is 2.73. The summed E-state index contributed by atoms with van der Waals surface area (Å²) in [5.41, 5.74) is 0.928. The van der Waals surface area contributed by atoms with E-state index in [1.165, 1.54) is 57.8 Å². The summed E-state index contributed by atoms with van der Waals surface area (Å²) in [6, 6.07) is 5.21. The Labute approximate surface area is 278 Å². The quantitative estimate of drug-likeness (QED) is 0.0704. The molecule has 1 aromatic rings. The van der Waals surface area contributed by atoms with Gasteiger partial charge in [0, 0.05) is 24.2 Å². The maximum absolute atomic E-state index is 13.2. The highest BCUT2D eigenvalue weighted by Crippen LogP contribution is 2.20. The van der Waals surface area contributed by atoms with Gasteiger partial charge in [-0.05, 0) is 79.5 Å². The van der Waals surface area contributed by atoms with Crippen LogP contribution in [0, 0.1) is 35.5 Å². The van der Waals surface area contributed by atoms with Crippen LogP contribution < -0.4 is 20.7 Å². The Morgan fingerprint density at radius 1 is 0.533 bits per heavy atom. The van der Waals surface area contributed by atoms with Crippen molar-refractivity contribution in [3.63, 3.8) is 0 Å². The van der Waals surface area contributed by atoms with Crippen molar-refractivity contribution in [3.8, 4) is 5.75 Å². The molecule has 0 fully saturated rings. The Morgan fingerprint density at radius 3 is 1.29 bits per heavy atom. The number of ether oxygens (including phenoxy) is 1. The standard InChI is InChI=1S/C39H71N3O3/c1-29(2)13-10-16-32(7)19-22-40-28-45-37-26-35(38(43)41-23-20-33(8)17-11-14-30(3)4)25-36(27-37)39(44)42-24-21-34(9)18-12-15-31(5)6/h25-27,29-34,40H,10-24,28H2,1-9H3,(H,41,43)(H,42,44). The Bertz CT molecular complexity index is 874. The molecule has 0 bridgehead atoms. The van der Waals surface area contributed by atoms with Crippen LogP contribution in [0.2, 0.25) is 0 Å². The van der Waals surface area contributed by atoms with E-state index in [4.69, 9.17) is 4.74 Å². The van der Waals surface area contributed by atoms with Crippen molar-refractivity contribution in [1.82, 2.24) is 16.0 Å². The van der Waals surface area contributed by atoms with Crippen LogP contribution in [0.4, 0.5) is 0 Å². The zero-order valence-electron chi connectivity index (χ0n) is 30.7. The van der Waals surface area contributed by atoms with Gasteiger partial charge in [-0.1, -0.05) is 120 Å². The molecule has 1 rings (SSSR count). The summed E-state index contributed by atoms with van der Waals surface area (Å²) in [4.78, 5) is 26.3. The highest BCUT2D eigenvalue weighted by atomic mass is 16.5. The number of carbonyl (C=O) groups is 2. The lowest BCUT2D eigenvalue weighted by molar-refractivity contribution is 0.0950. The second-order valence-corrected chi connectivity index (χ2v) is 15.2. The van der Waals surface area contributed by atoms with E-state index in [2.05, 4.69) is 78.3 Å². The van der Waals surface area contributed by atoms with Crippen molar-refractivity contribution in [1.29, 1.82) is 0 Å². The third-order valence-electron chi connectivity index (χ3n) is 8.87. The van der Waals surface area contributed by atoms with Crippen molar-refractivity contribution in [2.24, 2.45) is 35.5 Å². The van der Waals surface area contributed by atoms with E-state index < -0.39 is 0 Å². The maximum Gasteiger partial charge on any atom is 0.251 e. The van der Waals surface area contributed by atoms with Gasteiger partial charge in [0.15, 0.2) is 0 Å². The predicted octanol–water partition coefficient (Wildman–Crippen LogP) is 9.63. The van der Waals surface area contributed by atoms with E-state index in [-0.39, 0.29) is 11.8 Å². The molecule has 3 atom stereocenters. The topological polar surface area (TPSA) is 79.5 Å². The lowest BCUT2D eigenvalue weighted by atomic mass is 9.97. The summed E-state index contributed by atoms with van der Waals surface area (Å²) in [5, 5.41) is 9.54. The number of amides is 2. The van der Waals surface area contributed by atoms with Crippen LogP contribution in [0.1, 0.15) is 160 Å². The van der Waals surface area contributed by atoms with Crippen LogP contribution in [-0.2, 0) is 0 Å². The molecular weight excluding hydrogens is 558 g/mol. The van der Waals surface area contributed by atoms with Crippen molar-refractivity contribution in [2.45, 2.75) is 139 Å². The van der Waals surface area contributed by atoms with Crippen LogP contribution in [0.15, 0.2) is 18.2 Å². The molecule has 45 heavy (non-hydrogen) atoms.